The minimum absolute atomic E-state index is 0.471. The molecule has 0 amide bonds. The second-order valence-corrected chi connectivity index (χ2v) is 8.09. The SMILES string of the molecule is CSc1nnc(Sc2nc3cc(Cl)c(Cl)cc3nc2C)s1. The molecule has 0 unspecified atom stereocenters. The zero-order valence-corrected chi connectivity index (χ0v) is 14.9. The summed E-state index contributed by atoms with van der Waals surface area (Å²) < 4.78 is 1.77. The maximum atomic E-state index is 6.03. The van der Waals surface area contributed by atoms with Crippen LogP contribution in [0.4, 0.5) is 0 Å². The van der Waals surface area contributed by atoms with Crippen LogP contribution in [-0.2, 0) is 0 Å². The summed E-state index contributed by atoms with van der Waals surface area (Å²) in [6.45, 7) is 1.91. The third-order valence-electron chi connectivity index (χ3n) is 2.58. The van der Waals surface area contributed by atoms with Crippen LogP contribution in [0.1, 0.15) is 5.69 Å². The number of thioether (sulfide) groups is 1. The summed E-state index contributed by atoms with van der Waals surface area (Å²) in [4.78, 5) is 9.12. The number of fused-ring (bicyclic) bond motifs is 1. The zero-order valence-electron chi connectivity index (χ0n) is 10.9. The van der Waals surface area contributed by atoms with Crippen LogP contribution < -0.4 is 0 Å². The normalized spacial score (nSPS) is 11.2. The van der Waals surface area contributed by atoms with Gasteiger partial charge in [0, 0.05) is 0 Å². The molecule has 0 bridgehead atoms. The Balaban J connectivity index is 2.01. The van der Waals surface area contributed by atoms with E-state index in [1.807, 2.05) is 13.2 Å². The Hall–Kier alpha value is -0.600. The van der Waals surface area contributed by atoms with Gasteiger partial charge in [-0.3, -0.25) is 0 Å². The van der Waals surface area contributed by atoms with Crippen molar-refractivity contribution in [1.82, 2.24) is 20.2 Å². The van der Waals surface area contributed by atoms with Crippen LogP contribution in [0, 0.1) is 6.92 Å². The van der Waals surface area contributed by atoms with Crippen molar-refractivity contribution in [3.63, 3.8) is 0 Å². The fourth-order valence-electron chi connectivity index (χ4n) is 1.62. The van der Waals surface area contributed by atoms with Gasteiger partial charge in [0.25, 0.3) is 0 Å². The number of nitrogens with zero attached hydrogens (tertiary/aromatic N) is 4. The Morgan fingerprint density at radius 1 is 1.00 bits per heavy atom. The lowest BCUT2D eigenvalue weighted by Gasteiger charge is -2.05. The number of aryl methyl sites for hydroxylation is 1. The van der Waals surface area contributed by atoms with Gasteiger partial charge in [-0.25, -0.2) is 9.97 Å². The Morgan fingerprint density at radius 3 is 2.24 bits per heavy atom. The first-order valence-electron chi connectivity index (χ1n) is 5.75. The van der Waals surface area contributed by atoms with Crippen LogP contribution in [-0.4, -0.2) is 26.4 Å². The summed E-state index contributed by atoms with van der Waals surface area (Å²) in [5.74, 6) is 0. The molecule has 0 radical (unpaired) electrons. The molecule has 1 aromatic carbocycles. The predicted octanol–water partition coefficient (Wildman–Crippen LogP) is 4.97. The van der Waals surface area contributed by atoms with Crippen LogP contribution in [0.15, 0.2) is 25.8 Å². The Bertz CT molecular complexity index is 822. The van der Waals surface area contributed by atoms with Gasteiger partial charge >= 0.3 is 0 Å². The molecule has 21 heavy (non-hydrogen) atoms. The van der Waals surface area contributed by atoms with Gasteiger partial charge in [0.15, 0.2) is 8.68 Å². The molecular weight excluding hydrogens is 367 g/mol. The topological polar surface area (TPSA) is 51.6 Å². The van der Waals surface area contributed by atoms with Crippen LogP contribution in [0.3, 0.4) is 0 Å². The van der Waals surface area contributed by atoms with Gasteiger partial charge in [-0.05, 0) is 37.1 Å². The lowest BCUT2D eigenvalue weighted by molar-refractivity contribution is 0.950. The fourth-order valence-corrected chi connectivity index (χ4v) is 4.33. The molecule has 2 heterocycles. The van der Waals surface area contributed by atoms with E-state index in [-0.39, 0.29) is 0 Å². The van der Waals surface area contributed by atoms with E-state index in [1.165, 1.54) is 23.1 Å². The molecule has 0 aliphatic carbocycles. The summed E-state index contributed by atoms with van der Waals surface area (Å²) in [5, 5.41) is 9.95. The molecule has 108 valence electrons. The van der Waals surface area contributed by atoms with Gasteiger partial charge in [0.2, 0.25) is 0 Å². The summed E-state index contributed by atoms with van der Waals surface area (Å²) in [6.07, 6.45) is 1.97. The maximum Gasteiger partial charge on any atom is 0.181 e. The summed E-state index contributed by atoms with van der Waals surface area (Å²) in [6, 6.07) is 3.45. The molecule has 3 aromatic rings. The molecule has 3 rings (SSSR count). The van der Waals surface area contributed by atoms with E-state index in [9.17, 15) is 0 Å². The summed E-state index contributed by atoms with van der Waals surface area (Å²) in [5.41, 5.74) is 2.27. The van der Waals surface area contributed by atoms with Crippen molar-refractivity contribution in [3.8, 4) is 0 Å². The average Bonchev–Trinajstić information content (AvgIpc) is 2.90. The van der Waals surface area contributed by atoms with Gasteiger partial charge in [-0.1, -0.05) is 46.3 Å². The number of halogens is 2. The van der Waals surface area contributed by atoms with E-state index in [2.05, 4.69) is 20.2 Å². The van der Waals surface area contributed by atoms with E-state index < -0.39 is 0 Å². The maximum absolute atomic E-state index is 6.03. The number of benzene rings is 1. The van der Waals surface area contributed by atoms with Crippen molar-refractivity contribution in [2.75, 3.05) is 6.26 Å². The van der Waals surface area contributed by atoms with Crippen molar-refractivity contribution in [2.24, 2.45) is 0 Å². The van der Waals surface area contributed by atoms with Crippen molar-refractivity contribution in [3.05, 3.63) is 27.9 Å². The number of rotatable bonds is 3. The van der Waals surface area contributed by atoms with Crippen LogP contribution in [0.25, 0.3) is 11.0 Å². The zero-order chi connectivity index (χ0) is 15.0. The summed E-state index contributed by atoms with van der Waals surface area (Å²) in [7, 11) is 0. The quantitative estimate of drug-likeness (QED) is 0.603. The molecule has 0 atom stereocenters. The molecule has 0 N–H and O–H groups in total. The largest absolute Gasteiger partial charge is 0.249 e. The highest BCUT2D eigenvalue weighted by Crippen LogP contribution is 2.34. The van der Waals surface area contributed by atoms with Gasteiger partial charge in [0.05, 0.1) is 26.8 Å². The monoisotopic (exact) mass is 374 g/mol. The van der Waals surface area contributed by atoms with Crippen molar-refractivity contribution in [2.45, 2.75) is 20.6 Å². The first kappa shape index (κ1) is 15.3. The van der Waals surface area contributed by atoms with Crippen LogP contribution >= 0.6 is 58.1 Å². The molecule has 0 fully saturated rings. The summed E-state index contributed by atoms with van der Waals surface area (Å²) >= 11 is 16.6. The molecule has 4 nitrogen and oxygen atoms in total. The van der Waals surface area contributed by atoms with E-state index in [0.717, 1.165) is 24.9 Å². The lowest BCUT2D eigenvalue weighted by Crippen LogP contribution is -1.93. The van der Waals surface area contributed by atoms with Crippen molar-refractivity contribution >= 4 is 69.1 Å². The molecular formula is C12H8Cl2N4S3. The average molecular weight is 375 g/mol. The van der Waals surface area contributed by atoms with Crippen molar-refractivity contribution in [1.29, 1.82) is 0 Å². The minimum Gasteiger partial charge on any atom is -0.249 e. The molecule has 0 aliphatic rings. The van der Waals surface area contributed by atoms with Crippen molar-refractivity contribution < 1.29 is 0 Å². The third kappa shape index (κ3) is 3.27. The second-order valence-electron chi connectivity index (χ2n) is 4.01. The first-order valence-corrected chi connectivity index (χ1v) is 9.37. The molecule has 2 aromatic heterocycles. The molecule has 0 spiro atoms. The van der Waals surface area contributed by atoms with Crippen LogP contribution in [0.5, 0.6) is 0 Å². The highest BCUT2D eigenvalue weighted by Gasteiger charge is 2.12. The minimum atomic E-state index is 0.471. The second kappa shape index (κ2) is 6.26. The number of hydrogen-bond donors (Lipinski definition) is 0. The van der Waals surface area contributed by atoms with Gasteiger partial charge < -0.3 is 0 Å². The van der Waals surface area contributed by atoms with E-state index in [1.54, 1.807) is 23.9 Å². The molecule has 9 heteroatoms. The van der Waals surface area contributed by atoms with E-state index in [0.29, 0.717) is 15.6 Å². The third-order valence-corrected chi connectivity index (χ3v) is 6.34. The standard InChI is InChI=1S/C12H8Cl2N4S3/c1-5-10(20-12-18-17-11(19-2)21-12)16-9-4-7(14)6(13)3-8(9)15-5/h3-4H,1-2H3. The van der Waals surface area contributed by atoms with Gasteiger partial charge in [-0.2, -0.15) is 0 Å². The highest BCUT2D eigenvalue weighted by molar-refractivity contribution is 8.03. The Labute approximate surface area is 143 Å². The predicted molar refractivity (Wildman–Crippen MR) is 90.1 cm³/mol. The lowest BCUT2D eigenvalue weighted by atomic mass is 10.3. The molecule has 0 saturated carbocycles. The van der Waals surface area contributed by atoms with Gasteiger partial charge in [-0.15, -0.1) is 10.2 Å². The van der Waals surface area contributed by atoms with E-state index in [4.69, 9.17) is 23.2 Å². The Kier molecular flexibility index (Phi) is 4.56. The van der Waals surface area contributed by atoms with E-state index >= 15 is 0 Å². The smallest absolute Gasteiger partial charge is 0.181 e. The number of hydrogen-bond acceptors (Lipinski definition) is 7. The van der Waals surface area contributed by atoms with Gasteiger partial charge in [0.1, 0.15) is 5.03 Å². The molecule has 0 aliphatic heterocycles. The first-order chi connectivity index (χ1) is 10.1. The Morgan fingerprint density at radius 2 is 1.62 bits per heavy atom. The fraction of sp³-hybridized carbons (Fsp3) is 0.167. The van der Waals surface area contributed by atoms with Crippen LogP contribution in [0.2, 0.25) is 10.0 Å². The molecule has 0 saturated heterocycles. The highest BCUT2D eigenvalue weighted by atomic mass is 35.5. The number of aromatic nitrogens is 4.